The van der Waals surface area contributed by atoms with Gasteiger partial charge in [0.05, 0.1) is 24.2 Å². The summed E-state index contributed by atoms with van der Waals surface area (Å²) in [5.74, 6) is -0.913. The molecule has 0 aliphatic carbocycles. The molecule has 1 fully saturated rings. The summed E-state index contributed by atoms with van der Waals surface area (Å²) in [5, 5.41) is 9.09. The molecule has 1 aromatic carbocycles. The van der Waals surface area contributed by atoms with Crippen LogP contribution in [0.15, 0.2) is 48.8 Å². The van der Waals surface area contributed by atoms with Gasteiger partial charge in [-0.3, -0.25) is 4.98 Å². The Morgan fingerprint density at radius 2 is 2.00 bits per heavy atom. The number of carboxylic acids is 1. The van der Waals surface area contributed by atoms with Crippen LogP contribution in [0.25, 0.3) is 0 Å². The van der Waals surface area contributed by atoms with Crippen molar-refractivity contribution in [2.75, 3.05) is 13.2 Å². The third kappa shape index (κ3) is 1.90. The minimum atomic E-state index is -0.913. The Morgan fingerprint density at radius 1 is 1.21 bits per heavy atom. The zero-order chi connectivity index (χ0) is 13.3. The Hall–Kier alpha value is -2.20. The van der Waals surface area contributed by atoms with Gasteiger partial charge in [0.1, 0.15) is 0 Å². The number of ether oxygens (including phenoxy) is 1. The molecule has 0 amide bonds. The summed E-state index contributed by atoms with van der Waals surface area (Å²) >= 11 is 0. The van der Waals surface area contributed by atoms with E-state index in [1.54, 1.807) is 24.4 Å². The van der Waals surface area contributed by atoms with E-state index in [9.17, 15) is 4.79 Å². The molecule has 0 atom stereocenters. The summed E-state index contributed by atoms with van der Waals surface area (Å²) in [4.78, 5) is 15.2. The number of rotatable bonds is 3. The third-order valence-corrected chi connectivity index (χ3v) is 3.57. The van der Waals surface area contributed by atoms with E-state index in [1.807, 2.05) is 24.4 Å². The van der Waals surface area contributed by atoms with Crippen LogP contribution in [-0.4, -0.2) is 29.3 Å². The van der Waals surface area contributed by atoms with Crippen molar-refractivity contribution in [2.24, 2.45) is 0 Å². The smallest absolute Gasteiger partial charge is 0.335 e. The van der Waals surface area contributed by atoms with Crippen molar-refractivity contribution in [1.29, 1.82) is 0 Å². The Kier molecular flexibility index (Phi) is 2.80. The molecular weight excluding hydrogens is 242 g/mol. The Labute approximate surface area is 110 Å². The van der Waals surface area contributed by atoms with Gasteiger partial charge in [-0.15, -0.1) is 0 Å². The fourth-order valence-electron chi connectivity index (χ4n) is 2.40. The third-order valence-electron chi connectivity index (χ3n) is 3.57. The number of aromatic carboxylic acids is 1. The first kappa shape index (κ1) is 11.9. The van der Waals surface area contributed by atoms with E-state index in [0.29, 0.717) is 18.8 Å². The molecule has 96 valence electrons. The minimum Gasteiger partial charge on any atom is -0.478 e. The molecule has 1 saturated heterocycles. The molecule has 4 nitrogen and oxygen atoms in total. The number of nitrogens with zero attached hydrogens (tertiary/aromatic N) is 1. The summed E-state index contributed by atoms with van der Waals surface area (Å²) < 4.78 is 5.37. The lowest BCUT2D eigenvalue weighted by atomic mass is 9.73. The quantitative estimate of drug-likeness (QED) is 0.912. The highest BCUT2D eigenvalue weighted by molar-refractivity contribution is 5.87. The van der Waals surface area contributed by atoms with Crippen LogP contribution in [0.5, 0.6) is 0 Å². The predicted octanol–water partition coefficient (Wildman–Crippen LogP) is 2.10. The molecular formula is C15H13NO3. The molecule has 1 N–H and O–H groups in total. The fraction of sp³-hybridized carbons (Fsp3) is 0.200. The molecule has 1 aliphatic rings. The molecule has 0 unspecified atom stereocenters. The second-order valence-electron chi connectivity index (χ2n) is 4.70. The van der Waals surface area contributed by atoms with E-state index in [0.717, 1.165) is 11.1 Å². The van der Waals surface area contributed by atoms with Crippen LogP contribution in [0, 0.1) is 0 Å². The van der Waals surface area contributed by atoms with Crippen molar-refractivity contribution in [2.45, 2.75) is 5.41 Å². The van der Waals surface area contributed by atoms with Crippen LogP contribution in [0.3, 0.4) is 0 Å². The van der Waals surface area contributed by atoms with Gasteiger partial charge in [0.15, 0.2) is 0 Å². The van der Waals surface area contributed by atoms with Crippen LogP contribution in [-0.2, 0) is 10.2 Å². The molecule has 2 aromatic rings. The molecule has 3 rings (SSSR count). The molecule has 0 spiro atoms. The summed E-state index contributed by atoms with van der Waals surface area (Å²) in [5.41, 5.74) is 2.06. The molecule has 1 aliphatic heterocycles. The van der Waals surface area contributed by atoms with Crippen LogP contribution in [0.2, 0.25) is 0 Å². The van der Waals surface area contributed by atoms with E-state index in [2.05, 4.69) is 4.98 Å². The highest BCUT2D eigenvalue weighted by Crippen LogP contribution is 2.39. The molecule has 0 saturated carbocycles. The standard InChI is InChI=1S/C15H13NO3/c17-14(18)11-3-1-4-12(7-11)15(9-19-10-15)13-5-2-6-16-8-13/h1-8H,9-10H2,(H,17,18). The first-order valence-corrected chi connectivity index (χ1v) is 6.04. The van der Waals surface area contributed by atoms with E-state index in [4.69, 9.17) is 9.84 Å². The van der Waals surface area contributed by atoms with Crippen LogP contribution in [0.4, 0.5) is 0 Å². The van der Waals surface area contributed by atoms with Crippen molar-refractivity contribution < 1.29 is 14.6 Å². The first-order chi connectivity index (χ1) is 9.22. The van der Waals surface area contributed by atoms with E-state index in [1.165, 1.54) is 0 Å². The largest absolute Gasteiger partial charge is 0.478 e. The predicted molar refractivity (Wildman–Crippen MR) is 69.2 cm³/mol. The second-order valence-corrected chi connectivity index (χ2v) is 4.70. The number of hydrogen-bond donors (Lipinski definition) is 1. The maximum atomic E-state index is 11.1. The van der Waals surface area contributed by atoms with Gasteiger partial charge in [-0.2, -0.15) is 0 Å². The zero-order valence-electron chi connectivity index (χ0n) is 10.2. The number of hydrogen-bond acceptors (Lipinski definition) is 3. The number of benzene rings is 1. The number of carboxylic acid groups (broad SMARTS) is 1. The summed E-state index contributed by atoms with van der Waals surface area (Å²) in [6.45, 7) is 1.11. The molecule has 0 radical (unpaired) electrons. The minimum absolute atomic E-state index is 0.264. The first-order valence-electron chi connectivity index (χ1n) is 6.04. The average molecular weight is 255 g/mol. The van der Waals surface area contributed by atoms with E-state index in [-0.39, 0.29) is 5.41 Å². The highest BCUT2D eigenvalue weighted by atomic mass is 16.5. The Bertz CT molecular complexity index is 606. The lowest BCUT2D eigenvalue weighted by Gasteiger charge is -2.42. The van der Waals surface area contributed by atoms with E-state index < -0.39 is 5.97 Å². The zero-order valence-corrected chi connectivity index (χ0v) is 10.2. The molecule has 2 heterocycles. The summed E-state index contributed by atoms with van der Waals surface area (Å²) in [6.07, 6.45) is 3.54. The lowest BCUT2D eigenvalue weighted by Crippen LogP contribution is -2.47. The van der Waals surface area contributed by atoms with Crippen molar-refractivity contribution in [3.63, 3.8) is 0 Å². The SMILES string of the molecule is O=C(O)c1cccc(C2(c3cccnc3)COC2)c1. The summed E-state index contributed by atoms with van der Waals surface area (Å²) in [7, 11) is 0. The fourth-order valence-corrected chi connectivity index (χ4v) is 2.40. The highest BCUT2D eigenvalue weighted by Gasteiger charge is 2.42. The maximum Gasteiger partial charge on any atom is 0.335 e. The number of carbonyl (C=O) groups is 1. The average Bonchev–Trinajstić information content (AvgIpc) is 2.39. The second kappa shape index (κ2) is 4.48. The van der Waals surface area contributed by atoms with Gasteiger partial charge in [-0.25, -0.2) is 4.79 Å². The van der Waals surface area contributed by atoms with Crippen molar-refractivity contribution in [3.05, 3.63) is 65.5 Å². The summed E-state index contributed by atoms with van der Waals surface area (Å²) in [6, 6.07) is 10.9. The molecule has 4 heteroatoms. The van der Waals surface area contributed by atoms with Gasteiger partial charge in [0, 0.05) is 12.4 Å². The Morgan fingerprint density at radius 3 is 2.58 bits per heavy atom. The molecule has 19 heavy (non-hydrogen) atoms. The lowest BCUT2D eigenvalue weighted by molar-refractivity contribution is -0.0381. The Balaban J connectivity index is 2.08. The molecule has 0 bridgehead atoms. The van der Waals surface area contributed by atoms with Gasteiger partial charge in [-0.05, 0) is 29.3 Å². The van der Waals surface area contributed by atoms with Gasteiger partial charge < -0.3 is 9.84 Å². The molecule has 1 aromatic heterocycles. The topological polar surface area (TPSA) is 59.4 Å². The van der Waals surface area contributed by atoms with E-state index >= 15 is 0 Å². The van der Waals surface area contributed by atoms with Crippen molar-refractivity contribution in [1.82, 2.24) is 4.98 Å². The van der Waals surface area contributed by atoms with Gasteiger partial charge in [0.25, 0.3) is 0 Å². The van der Waals surface area contributed by atoms with Crippen LogP contribution >= 0.6 is 0 Å². The number of pyridine rings is 1. The van der Waals surface area contributed by atoms with Crippen molar-refractivity contribution >= 4 is 5.97 Å². The van der Waals surface area contributed by atoms with Crippen LogP contribution < -0.4 is 0 Å². The maximum absolute atomic E-state index is 11.1. The van der Waals surface area contributed by atoms with Gasteiger partial charge in [-0.1, -0.05) is 18.2 Å². The van der Waals surface area contributed by atoms with Gasteiger partial charge >= 0.3 is 5.97 Å². The van der Waals surface area contributed by atoms with Crippen molar-refractivity contribution in [3.8, 4) is 0 Å². The van der Waals surface area contributed by atoms with Gasteiger partial charge in [0.2, 0.25) is 0 Å². The normalized spacial score (nSPS) is 16.6. The monoisotopic (exact) mass is 255 g/mol. The number of aromatic nitrogens is 1. The van der Waals surface area contributed by atoms with Crippen LogP contribution in [0.1, 0.15) is 21.5 Å².